The number of hydrogen-bond acceptors (Lipinski definition) is 3. The van der Waals surface area contributed by atoms with Crippen LogP contribution in [-0.4, -0.2) is 24.6 Å². The second-order valence-electron chi connectivity index (χ2n) is 7.90. The Morgan fingerprint density at radius 1 is 1.29 bits per heavy atom. The molecule has 118 valence electrons. The van der Waals surface area contributed by atoms with Crippen molar-refractivity contribution in [2.75, 3.05) is 18.5 Å². The molecule has 0 aromatic carbocycles. The molecular formula is C18H31N3. The lowest BCUT2D eigenvalue weighted by molar-refractivity contribution is 0.563. The third-order valence-corrected chi connectivity index (χ3v) is 3.84. The lowest BCUT2D eigenvalue weighted by Crippen LogP contribution is -2.26. The third kappa shape index (κ3) is 4.99. The summed E-state index contributed by atoms with van der Waals surface area (Å²) < 4.78 is 0. The van der Waals surface area contributed by atoms with Gasteiger partial charge in [-0.05, 0) is 36.5 Å². The van der Waals surface area contributed by atoms with E-state index in [1.54, 1.807) is 0 Å². The number of anilines is 1. The van der Waals surface area contributed by atoms with E-state index in [0.717, 1.165) is 24.9 Å². The van der Waals surface area contributed by atoms with Crippen molar-refractivity contribution >= 4 is 5.82 Å². The molecule has 0 unspecified atom stereocenters. The predicted molar refractivity (Wildman–Crippen MR) is 90.9 cm³/mol. The lowest BCUT2D eigenvalue weighted by Gasteiger charge is -2.25. The molecule has 3 heteroatoms. The van der Waals surface area contributed by atoms with Crippen LogP contribution in [-0.2, 0) is 12.0 Å². The molecule has 1 aliphatic carbocycles. The molecule has 0 saturated heterocycles. The van der Waals surface area contributed by atoms with E-state index in [9.17, 15) is 0 Å². The molecule has 0 amide bonds. The van der Waals surface area contributed by atoms with E-state index in [2.05, 4.69) is 64.0 Å². The average molecular weight is 289 g/mol. The molecule has 0 atom stereocenters. The zero-order chi connectivity index (χ0) is 15.6. The average Bonchev–Trinajstić information content (AvgIpc) is 3.18. The zero-order valence-corrected chi connectivity index (χ0v) is 14.5. The van der Waals surface area contributed by atoms with Crippen LogP contribution in [0.25, 0.3) is 0 Å². The van der Waals surface area contributed by atoms with Gasteiger partial charge in [0.25, 0.3) is 0 Å². The summed E-state index contributed by atoms with van der Waals surface area (Å²) >= 11 is 0. The highest BCUT2D eigenvalue weighted by molar-refractivity contribution is 5.43. The molecule has 0 radical (unpaired) electrons. The van der Waals surface area contributed by atoms with Crippen LogP contribution in [0, 0.1) is 5.92 Å². The van der Waals surface area contributed by atoms with E-state index >= 15 is 0 Å². The molecule has 1 aliphatic rings. The van der Waals surface area contributed by atoms with E-state index in [-0.39, 0.29) is 5.41 Å². The van der Waals surface area contributed by atoms with Gasteiger partial charge in [0, 0.05) is 37.3 Å². The maximum atomic E-state index is 4.90. The Morgan fingerprint density at radius 2 is 1.95 bits per heavy atom. The molecule has 1 aromatic heterocycles. The van der Waals surface area contributed by atoms with Crippen molar-refractivity contribution in [1.82, 2.24) is 10.3 Å². The van der Waals surface area contributed by atoms with Gasteiger partial charge in [0.2, 0.25) is 0 Å². The summed E-state index contributed by atoms with van der Waals surface area (Å²) in [5, 5.41) is 3.61. The summed E-state index contributed by atoms with van der Waals surface area (Å²) in [5.74, 6) is 1.74. The van der Waals surface area contributed by atoms with Gasteiger partial charge in [0.05, 0.1) is 0 Å². The largest absolute Gasteiger partial charge is 0.359 e. The van der Waals surface area contributed by atoms with Gasteiger partial charge in [0.1, 0.15) is 5.82 Å². The molecule has 0 bridgehead atoms. The number of pyridine rings is 1. The van der Waals surface area contributed by atoms with E-state index in [1.165, 1.54) is 24.1 Å². The van der Waals surface area contributed by atoms with E-state index < -0.39 is 0 Å². The molecule has 1 fully saturated rings. The third-order valence-electron chi connectivity index (χ3n) is 3.84. The van der Waals surface area contributed by atoms with Crippen molar-refractivity contribution in [2.45, 2.75) is 65.5 Å². The van der Waals surface area contributed by atoms with Gasteiger partial charge in [-0.2, -0.15) is 0 Å². The van der Waals surface area contributed by atoms with Gasteiger partial charge in [-0.1, -0.05) is 34.6 Å². The Morgan fingerprint density at radius 3 is 2.48 bits per heavy atom. The topological polar surface area (TPSA) is 28.2 Å². The van der Waals surface area contributed by atoms with Crippen molar-refractivity contribution in [3.63, 3.8) is 0 Å². The van der Waals surface area contributed by atoms with Gasteiger partial charge < -0.3 is 10.2 Å². The molecule has 0 aliphatic heterocycles. The first-order chi connectivity index (χ1) is 9.75. The molecule has 1 N–H and O–H groups in total. The first-order valence-electron chi connectivity index (χ1n) is 8.21. The van der Waals surface area contributed by atoms with Crippen molar-refractivity contribution in [3.8, 4) is 0 Å². The summed E-state index contributed by atoms with van der Waals surface area (Å²) in [6.45, 7) is 13.2. The number of aromatic nitrogens is 1. The van der Waals surface area contributed by atoms with Crippen LogP contribution >= 0.6 is 0 Å². The molecule has 21 heavy (non-hydrogen) atoms. The second-order valence-corrected chi connectivity index (χ2v) is 7.90. The molecule has 0 spiro atoms. The molecule has 1 heterocycles. The minimum Gasteiger partial charge on any atom is -0.359 e. The highest BCUT2D eigenvalue weighted by Gasteiger charge is 2.22. The molecule has 3 nitrogen and oxygen atoms in total. The van der Waals surface area contributed by atoms with Crippen LogP contribution in [0.5, 0.6) is 0 Å². The van der Waals surface area contributed by atoms with Crippen molar-refractivity contribution in [1.29, 1.82) is 0 Å². The summed E-state index contributed by atoms with van der Waals surface area (Å²) in [5.41, 5.74) is 2.62. The van der Waals surface area contributed by atoms with Crippen LogP contribution < -0.4 is 10.2 Å². The SMILES string of the molecule is CC(C)CN(C)c1cc(CNC2CC2)cc(C(C)(C)C)n1. The van der Waals surface area contributed by atoms with Crippen LogP contribution in [0.4, 0.5) is 5.82 Å². The Labute approximate surface area is 130 Å². The Balaban J connectivity index is 2.22. The smallest absolute Gasteiger partial charge is 0.128 e. The number of nitrogens with one attached hydrogen (secondary N) is 1. The van der Waals surface area contributed by atoms with Crippen LogP contribution in [0.1, 0.15) is 58.7 Å². The molecule has 1 saturated carbocycles. The standard InChI is InChI=1S/C18H31N3/c1-13(2)12-21(6)17-10-14(11-19-15-7-8-15)9-16(20-17)18(3,4)5/h9-10,13,15,19H,7-8,11-12H2,1-6H3. The minimum absolute atomic E-state index is 0.0863. The summed E-state index contributed by atoms with van der Waals surface area (Å²) in [4.78, 5) is 7.18. The summed E-state index contributed by atoms with van der Waals surface area (Å²) in [6, 6.07) is 5.25. The van der Waals surface area contributed by atoms with Gasteiger partial charge in [0.15, 0.2) is 0 Å². The van der Waals surface area contributed by atoms with Crippen LogP contribution in [0.3, 0.4) is 0 Å². The van der Waals surface area contributed by atoms with Crippen molar-refractivity contribution < 1.29 is 0 Å². The van der Waals surface area contributed by atoms with Crippen LogP contribution in [0.2, 0.25) is 0 Å². The van der Waals surface area contributed by atoms with Crippen LogP contribution in [0.15, 0.2) is 12.1 Å². The molecular weight excluding hydrogens is 258 g/mol. The highest BCUT2D eigenvalue weighted by atomic mass is 15.2. The minimum atomic E-state index is 0.0863. The van der Waals surface area contributed by atoms with Crippen molar-refractivity contribution in [2.24, 2.45) is 5.92 Å². The van der Waals surface area contributed by atoms with E-state index in [1.807, 2.05) is 0 Å². The van der Waals surface area contributed by atoms with Gasteiger partial charge in [-0.3, -0.25) is 0 Å². The predicted octanol–water partition coefficient (Wildman–Crippen LogP) is 3.72. The first kappa shape index (κ1) is 16.3. The zero-order valence-electron chi connectivity index (χ0n) is 14.5. The highest BCUT2D eigenvalue weighted by Crippen LogP contribution is 2.26. The maximum absolute atomic E-state index is 4.90. The summed E-state index contributed by atoms with van der Waals surface area (Å²) in [7, 11) is 2.15. The fourth-order valence-corrected chi connectivity index (χ4v) is 2.44. The van der Waals surface area contributed by atoms with Crippen molar-refractivity contribution in [3.05, 3.63) is 23.4 Å². The maximum Gasteiger partial charge on any atom is 0.128 e. The summed E-state index contributed by atoms with van der Waals surface area (Å²) in [6.07, 6.45) is 2.66. The second kappa shape index (κ2) is 6.35. The quantitative estimate of drug-likeness (QED) is 0.865. The van der Waals surface area contributed by atoms with Gasteiger partial charge >= 0.3 is 0 Å². The number of rotatable bonds is 6. The monoisotopic (exact) mass is 289 g/mol. The molecule has 1 aromatic rings. The normalized spacial score (nSPS) is 15.6. The van der Waals surface area contributed by atoms with E-state index in [0.29, 0.717) is 5.92 Å². The van der Waals surface area contributed by atoms with Gasteiger partial charge in [-0.15, -0.1) is 0 Å². The molecule has 2 rings (SSSR count). The van der Waals surface area contributed by atoms with E-state index in [4.69, 9.17) is 4.98 Å². The first-order valence-corrected chi connectivity index (χ1v) is 8.21. The fraction of sp³-hybridized carbons (Fsp3) is 0.722. The Bertz CT molecular complexity index is 470. The number of nitrogens with zero attached hydrogens (tertiary/aromatic N) is 2. The number of hydrogen-bond donors (Lipinski definition) is 1. The Hall–Kier alpha value is -1.09. The lowest BCUT2D eigenvalue weighted by atomic mass is 9.90. The van der Waals surface area contributed by atoms with Gasteiger partial charge in [-0.25, -0.2) is 4.98 Å². The fourth-order valence-electron chi connectivity index (χ4n) is 2.44. The Kier molecular flexibility index (Phi) is 4.92.